The van der Waals surface area contributed by atoms with Crippen LogP contribution in [0.4, 0.5) is 0 Å². The van der Waals surface area contributed by atoms with Crippen molar-refractivity contribution in [3.05, 3.63) is 52.1 Å². The minimum Gasteiger partial charge on any atom is -0.467 e. The van der Waals surface area contributed by atoms with E-state index in [0.717, 1.165) is 36.9 Å². The fourth-order valence-corrected chi connectivity index (χ4v) is 3.07. The first-order chi connectivity index (χ1) is 11.7. The molecule has 8 heteroatoms. The first-order valence-corrected chi connectivity index (χ1v) is 7.97. The highest BCUT2D eigenvalue weighted by atomic mass is 16.3. The van der Waals surface area contributed by atoms with Crippen LogP contribution >= 0.6 is 0 Å². The summed E-state index contributed by atoms with van der Waals surface area (Å²) in [7, 11) is 0. The van der Waals surface area contributed by atoms with E-state index in [2.05, 4.69) is 15.5 Å². The van der Waals surface area contributed by atoms with Crippen molar-refractivity contribution in [2.24, 2.45) is 0 Å². The van der Waals surface area contributed by atoms with Crippen LogP contribution in [0, 0.1) is 0 Å². The average molecular weight is 327 g/mol. The molecule has 3 aromatic heterocycles. The van der Waals surface area contributed by atoms with Crippen LogP contribution in [0.2, 0.25) is 0 Å². The van der Waals surface area contributed by atoms with E-state index in [-0.39, 0.29) is 24.6 Å². The van der Waals surface area contributed by atoms with Crippen LogP contribution in [0.1, 0.15) is 29.9 Å². The molecule has 4 rings (SSSR count). The molecular weight excluding hydrogens is 310 g/mol. The van der Waals surface area contributed by atoms with E-state index in [9.17, 15) is 9.59 Å². The molecule has 1 aliphatic carbocycles. The zero-order valence-corrected chi connectivity index (χ0v) is 13.1. The quantitative estimate of drug-likeness (QED) is 0.760. The second-order valence-corrected chi connectivity index (χ2v) is 5.88. The maximum atomic E-state index is 12.7. The van der Waals surface area contributed by atoms with Gasteiger partial charge in [0.25, 0.3) is 5.56 Å². The molecule has 0 radical (unpaired) electrons. The van der Waals surface area contributed by atoms with Gasteiger partial charge in [-0.1, -0.05) is 0 Å². The molecule has 0 atom stereocenters. The van der Waals surface area contributed by atoms with E-state index in [1.54, 1.807) is 18.4 Å². The lowest BCUT2D eigenvalue weighted by Crippen LogP contribution is -2.34. The minimum atomic E-state index is -0.293. The van der Waals surface area contributed by atoms with E-state index in [1.807, 2.05) is 0 Å². The summed E-state index contributed by atoms with van der Waals surface area (Å²) in [5, 5.41) is 11.2. The third-order valence-electron chi connectivity index (χ3n) is 4.25. The molecule has 8 nitrogen and oxygen atoms in total. The van der Waals surface area contributed by atoms with E-state index < -0.39 is 0 Å². The van der Waals surface area contributed by atoms with Gasteiger partial charge in [-0.15, -0.1) is 0 Å². The molecule has 124 valence electrons. The van der Waals surface area contributed by atoms with Crippen LogP contribution in [-0.4, -0.2) is 25.3 Å². The van der Waals surface area contributed by atoms with Gasteiger partial charge in [0.05, 0.1) is 18.5 Å². The average Bonchev–Trinajstić information content (AvgIpc) is 3.22. The molecule has 0 aliphatic heterocycles. The lowest BCUT2D eigenvalue weighted by molar-refractivity contribution is -0.122. The van der Waals surface area contributed by atoms with Gasteiger partial charge in [-0.05, 0) is 37.8 Å². The Morgan fingerprint density at radius 1 is 1.33 bits per heavy atom. The van der Waals surface area contributed by atoms with Gasteiger partial charge in [0.2, 0.25) is 5.91 Å². The first-order valence-electron chi connectivity index (χ1n) is 7.97. The highest BCUT2D eigenvalue weighted by Crippen LogP contribution is 2.22. The van der Waals surface area contributed by atoms with Gasteiger partial charge in [0.15, 0.2) is 0 Å². The molecule has 24 heavy (non-hydrogen) atoms. The number of rotatable bonds is 4. The van der Waals surface area contributed by atoms with Gasteiger partial charge >= 0.3 is 0 Å². The Bertz CT molecular complexity index is 939. The summed E-state index contributed by atoms with van der Waals surface area (Å²) in [6, 6.07) is 3.53. The molecule has 0 saturated heterocycles. The number of amides is 1. The van der Waals surface area contributed by atoms with Crippen molar-refractivity contribution in [2.75, 3.05) is 0 Å². The Labute approximate surface area is 137 Å². The van der Waals surface area contributed by atoms with Crippen molar-refractivity contribution in [3.8, 4) is 0 Å². The Kier molecular flexibility index (Phi) is 3.64. The van der Waals surface area contributed by atoms with Crippen molar-refractivity contribution in [2.45, 2.75) is 38.8 Å². The SMILES string of the molecule is O=C(Cn1ncn2nc3c(c2c1=O)CCCC3)NCc1ccco1. The predicted molar refractivity (Wildman–Crippen MR) is 84.4 cm³/mol. The number of nitrogens with one attached hydrogen (secondary N) is 1. The number of furan rings is 1. The Hall–Kier alpha value is -2.90. The molecule has 3 heterocycles. The molecule has 1 aliphatic rings. The summed E-state index contributed by atoms with van der Waals surface area (Å²) in [5.41, 5.74) is 2.23. The summed E-state index contributed by atoms with van der Waals surface area (Å²) in [4.78, 5) is 24.7. The van der Waals surface area contributed by atoms with Gasteiger partial charge < -0.3 is 9.73 Å². The predicted octanol–water partition coefficient (Wildman–Crippen LogP) is 0.679. The van der Waals surface area contributed by atoms with Crippen LogP contribution in [0.3, 0.4) is 0 Å². The summed E-state index contributed by atoms with van der Waals surface area (Å²) < 4.78 is 7.88. The number of nitrogens with zero attached hydrogens (tertiary/aromatic N) is 4. The van der Waals surface area contributed by atoms with Crippen LogP contribution in [0.15, 0.2) is 33.9 Å². The molecular formula is C16H17N5O3. The number of hydrogen-bond donors (Lipinski definition) is 1. The molecule has 0 aromatic carbocycles. The van der Waals surface area contributed by atoms with Crippen molar-refractivity contribution in [1.29, 1.82) is 0 Å². The maximum Gasteiger partial charge on any atom is 0.293 e. The number of aromatic nitrogens is 4. The minimum absolute atomic E-state index is 0.129. The smallest absolute Gasteiger partial charge is 0.293 e. The van der Waals surface area contributed by atoms with Crippen molar-refractivity contribution < 1.29 is 9.21 Å². The Balaban J connectivity index is 1.57. The van der Waals surface area contributed by atoms with Gasteiger partial charge in [-0.25, -0.2) is 9.20 Å². The van der Waals surface area contributed by atoms with Gasteiger partial charge in [-0.2, -0.15) is 10.2 Å². The largest absolute Gasteiger partial charge is 0.467 e. The maximum absolute atomic E-state index is 12.7. The molecule has 1 amide bonds. The zero-order chi connectivity index (χ0) is 16.5. The number of carbonyl (C=O) groups is 1. The normalized spacial score (nSPS) is 13.8. The molecule has 1 N–H and O–H groups in total. The molecule has 0 saturated carbocycles. The summed E-state index contributed by atoms with van der Waals surface area (Å²) in [6.07, 6.45) is 6.93. The van der Waals surface area contributed by atoms with Crippen molar-refractivity contribution in [3.63, 3.8) is 0 Å². The van der Waals surface area contributed by atoms with E-state index >= 15 is 0 Å². The third-order valence-corrected chi connectivity index (χ3v) is 4.25. The topological polar surface area (TPSA) is 94.4 Å². The molecule has 0 spiro atoms. The van der Waals surface area contributed by atoms with Gasteiger partial charge in [0, 0.05) is 5.56 Å². The molecule has 0 bridgehead atoms. The summed E-state index contributed by atoms with van der Waals surface area (Å²) >= 11 is 0. The lowest BCUT2D eigenvalue weighted by atomic mass is 9.97. The zero-order valence-electron chi connectivity index (χ0n) is 13.1. The number of carbonyl (C=O) groups excluding carboxylic acids is 1. The summed E-state index contributed by atoms with van der Waals surface area (Å²) in [6.45, 7) is 0.154. The summed E-state index contributed by atoms with van der Waals surface area (Å²) in [5.74, 6) is 0.364. The number of hydrogen-bond acceptors (Lipinski definition) is 5. The molecule has 3 aromatic rings. The monoisotopic (exact) mass is 327 g/mol. The Morgan fingerprint density at radius 3 is 3.04 bits per heavy atom. The Morgan fingerprint density at radius 2 is 2.21 bits per heavy atom. The fraction of sp³-hybridized carbons (Fsp3) is 0.375. The van der Waals surface area contributed by atoms with Crippen LogP contribution in [0.5, 0.6) is 0 Å². The van der Waals surface area contributed by atoms with Crippen LogP contribution in [-0.2, 0) is 30.7 Å². The van der Waals surface area contributed by atoms with Crippen LogP contribution < -0.4 is 10.9 Å². The highest BCUT2D eigenvalue weighted by Gasteiger charge is 2.20. The van der Waals surface area contributed by atoms with E-state index in [1.165, 1.54) is 15.5 Å². The second kappa shape index (κ2) is 5.95. The van der Waals surface area contributed by atoms with Crippen LogP contribution in [0.25, 0.3) is 5.52 Å². The number of fused-ring (bicyclic) bond motifs is 3. The van der Waals surface area contributed by atoms with Gasteiger partial charge in [-0.3, -0.25) is 9.59 Å². The molecule has 0 fully saturated rings. The standard InChI is InChI=1S/C16H17N5O3/c22-14(17-8-11-4-3-7-24-11)9-20-16(23)15-12-5-1-2-6-13(12)19-21(15)10-18-20/h3-4,7,10H,1-2,5-6,8-9H2,(H,17,22). The lowest BCUT2D eigenvalue weighted by Gasteiger charge is -2.09. The fourth-order valence-electron chi connectivity index (χ4n) is 3.07. The van der Waals surface area contributed by atoms with E-state index in [4.69, 9.17) is 4.42 Å². The third kappa shape index (κ3) is 2.60. The second-order valence-electron chi connectivity index (χ2n) is 5.88. The molecule has 0 unspecified atom stereocenters. The van der Waals surface area contributed by atoms with E-state index in [0.29, 0.717) is 11.3 Å². The van der Waals surface area contributed by atoms with Crippen molar-refractivity contribution in [1.82, 2.24) is 24.7 Å². The first kappa shape index (κ1) is 14.7. The van der Waals surface area contributed by atoms with Gasteiger partial charge in [0.1, 0.15) is 24.1 Å². The van der Waals surface area contributed by atoms with Crippen molar-refractivity contribution >= 4 is 11.4 Å². The highest BCUT2D eigenvalue weighted by molar-refractivity contribution is 5.75. The number of aryl methyl sites for hydroxylation is 2.